The number of carbonyl (C=O) groups excluding carboxylic acids is 2. The highest BCUT2D eigenvalue weighted by Gasteiger charge is 2.22. The molecule has 1 rings (SSSR count). The first kappa shape index (κ1) is 19.2. The van der Waals surface area contributed by atoms with E-state index >= 15 is 0 Å². The maximum atomic E-state index is 12.0. The van der Waals surface area contributed by atoms with Gasteiger partial charge >= 0.3 is 0 Å². The molecule has 1 aliphatic heterocycles. The van der Waals surface area contributed by atoms with Crippen LogP contribution in [0, 0.1) is 5.92 Å². The first-order valence-corrected chi connectivity index (χ1v) is 7.27. The lowest BCUT2D eigenvalue weighted by Gasteiger charge is -2.23. The average Bonchev–Trinajstić information content (AvgIpc) is 2.63. The first-order chi connectivity index (χ1) is 9.06. The van der Waals surface area contributed by atoms with Gasteiger partial charge in [0.15, 0.2) is 0 Å². The van der Waals surface area contributed by atoms with Gasteiger partial charge in [0, 0.05) is 38.5 Å². The van der Waals surface area contributed by atoms with E-state index in [-0.39, 0.29) is 30.1 Å². The molecule has 5 nitrogen and oxygen atoms in total. The molecule has 0 aromatic heterocycles. The summed E-state index contributed by atoms with van der Waals surface area (Å²) in [5, 5.41) is 3.05. The molecule has 0 bridgehead atoms. The standard InChI is InChI=1S/C14H27N3O2.ClH/c1-12(2)14(19)17-9-5-8-16(10-11-17)13(18)6-4-7-15-3;/h12,15H,4-11H2,1-3H3;1H. The van der Waals surface area contributed by atoms with Crippen LogP contribution in [0.15, 0.2) is 0 Å². The summed E-state index contributed by atoms with van der Waals surface area (Å²) < 4.78 is 0. The van der Waals surface area contributed by atoms with Crippen LogP contribution in [0.5, 0.6) is 0 Å². The summed E-state index contributed by atoms with van der Waals surface area (Å²) in [7, 11) is 1.89. The molecule has 0 radical (unpaired) electrons. The lowest BCUT2D eigenvalue weighted by atomic mass is 10.2. The second kappa shape index (κ2) is 10.00. The minimum atomic E-state index is 0. The molecule has 0 atom stereocenters. The Hall–Kier alpha value is -0.810. The number of hydrogen-bond donors (Lipinski definition) is 1. The van der Waals surface area contributed by atoms with E-state index in [1.165, 1.54) is 0 Å². The maximum absolute atomic E-state index is 12.0. The molecule has 0 saturated carbocycles. The summed E-state index contributed by atoms with van der Waals surface area (Å²) in [5.74, 6) is 0.455. The molecule has 0 unspecified atom stereocenters. The Labute approximate surface area is 128 Å². The summed E-state index contributed by atoms with van der Waals surface area (Å²) in [6.07, 6.45) is 2.36. The molecular weight excluding hydrogens is 278 g/mol. The minimum Gasteiger partial charge on any atom is -0.341 e. The van der Waals surface area contributed by atoms with E-state index in [4.69, 9.17) is 0 Å². The van der Waals surface area contributed by atoms with E-state index in [0.717, 1.165) is 32.5 Å². The van der Waals surface area contributed by atoms with Crippen LogP contribution >= 0.6 is 12.4 Å². The largest absolute Gasteiger partial charge is 0.341 e. The van der Waals surface area contributed by atoms with Crippen molar-refractivity contribution in [3.63, 3.8) is 0 Å². The molecule has 0 spiro atoms. The zero-order valence-corrected chi connectivity index (χ0v) is 13.7. The molecule has 1 heterocycles. The molecule has 2 amide bonds. The third-order valence-electron chi connectivity index (χ3n) is 3.47. The van der Waals surface area contributed by atoms with Crippen LogP contribution in [0.2, 0.25) is 0 Å². The second-order valence-electron chi connectivity index (χ2n) is 5.42. The van der Waals surface area contributed by atoms with E-state index in [2.05, 4.69) is 5.32 Å². The van der Waals surface area contributed by atoms with Gasteiger partial charge in [0.2, 0.25) is 11.8 Å². The number of carbonyl (C=O) groups is 2. The summed E-state index contributed by atoms with van der Waals surface area (Å²) in [5.41, 5.74) is 0. The van der Waals surface area contributed by atoms with E-state index in [9.17, 15) is 9.59 Å². The van der Waals surface area contributed by atoms with Gasteiger partial charge in [0.1, 0.15) is 0 Å². The van der Waals surface area contributed by atoms with E-state index in [0.29, 0.717) is 19.5 Å². The first-order valence-electron chi connectivity index (χ1n) is 7.27. The Bertz CT molecular complexity index is 311. The number of halogens is 1. The fraction of sp³-hybridized carbons (Fsp3) is 0.857. The SMILES string of the molecule is CNCCCC(=O)N1CCCN(C(=O)C(C)C)CC1.Cl. The number of nitrogens with one attached hydrogen (secondary N) is 1. The molecular formula is C14H28ClN3O2. The summed E-state index contributed by atoms with van der Waals surface area (Å²) >= 11 is 0. The van der Waals surface area contributed by atoms with E-state index in [1.807, 2.05) is 30.7 Å². The minimum absolute atomic E-state index is 0. The van der Waals surface area contributed by atoms with Crippen LogP contribution in [0.25, 0.3) is 0 Å². The number of amides is 2. The molecule has 0 aliphatic carbocycles. The third kappa shape index (κ3) is 6.09. The van der Waals surface area contributed by atoms with Crippen molar-refractivity contribution in [1.82, 2.24) is 15.1 Å². The average molecular weight is 306 g/mol. The molecule has 0 aromatic carbocycles. The molecule has 1 saturated heterocycles. The Morgan fingerprint density at radius 1 is 1.10 bits per heavy atom. The normalized spacial score (nSPS) is 15.8. The molecule has 0 aromatic rings. The van der Waals surface area contributed by atoms with Crippen molar-refractivity contribution in [2.24, 2.45) is 5.92 Å². The zero-order chi connectivity index (χ0) is 14.3. The van der Waals surface area contributed by atoms with Crippen LogP contribution in [-0.4, -0.2) is 61.4 Å². The number of hydrogen-bond acceptors (Lipinski definition) is 3. The predicted octanol–water partition coefficient (Wildman–Crippen LogP) is 1.12. The Morgan fingerprint density at radius 3 is 2.30 bits per heavy atom. The van der Waals surface area contributed by atoms with Crippen LogP contribution in [0.3, 0.4) is 0 Å². The van der Waals surface area contributed by atoms with E-state index in [1.54, 1.807) is 0 Å². The predicted molar refractivity (Wildman–Crippen MR) is 83.0 cm³/mol. The molecule has 6 heteroatoms. The highest BCUT2D eigenvalue weighted by Crippen LogP contribution is 2.09. The van der Waals surface area contributed by atoms with Gasteiger partial charge < -0.3 is 15.1 Å². The maximum Gasteiger partial charge on any atom is 0.225 e. The Balaban J connectivity index is 0.00000361. The fourth-order valence-electron chi connectivity index (χ4n) is 2.33. The monoisotopic (exact) mass is 305 g/mol. The van der Waals surface area contributed by atoms with Crippen molar-refractivity contribution in [2.75, 3.05) is 39.8 Å². The lowest BCUT2D eigenvalue weighted by Crippen LogP contribution is -2.39. The van der Waals surface area contributed by atoms with Gasteiger partial charge in [-0.3, -0.25) is 9.59 Å². The van der Waals surface area contributed by atoms with Crippen molar-refractivity contribution in [3.05, 3.63) is 0 Å². The third-order valence-corrected chi connectivity index (χ3v) is 3.47. The van der Waals surface area contributed by atoms with Gasteiger partial charge in [-0.2, -0.15) is 0 Å². The smallest absolute Gasteiger partial charge is 0.225 e. The summed E-state index contributed by atoms with van der Waals surface area (Å²) in [4.78, 5) is 27.8. The van der Waals surface area contributed by atoms with Gasteiger partial charge in [0.05, 0.1) is 0 Å². The Kier molecular flexibility index (Phi) is 9.59. The van der Waals surface area contributed by atoms with Crippen molar-refractivity contribution >= 4 is 24.2 Å². The molecule has 20 heavy (non-hydrogen) atoms. The van der Waals surface area contributed by atoms with Gasteiger partial charge in [-0.1, -0.05) is 13.8 Å². The molecule has 118 valence electrons. The van der Waals surface area contributed by atoms with Crippen LogP contribution in [0.1, 0.15) is 33.1 Å². The van der Waals surface area contributed by atoms with Gasteiger partial charge in [-0.15, -0.1) is 12.4 Å². The molecule has 1 aliphatic rings. The zero-order valence-electron chi connectivity index (χ0n) is 12.9. The van der Waals surface area contributed by atoms with Crippen molar-refractivity contribution in [2.45, 2.75) is 33.1 Å². The van der Waals surface area contributed by atoms with Crippen molar-refractivity contribution in [3.8, 4) is 0 Å². The quantitative estimate of drug-likeness (QED) is 0.775. The van der Waals surface area contributed by atoms with Gasteiger partial charge in [-0.05, 0) is 26.4 Å². The lowest BCUT2D eigenvalue weighted by molar-refractivity contribution is -0.135. The molecule has 1 fully saturated rings. The summed E-state index contributed by atoms with van der Waals surface area (Å²) in [6, 6.07) is 0. The van der Waals surface area contributed by atoms with Gasteiger partial charge in [0.25, 0.3) is 0 Å². The number of rotatable bonds is 5. The highest BCUT2D eigenvalue weighted by molar-refractivity contribution is 5.85. The van der Waals surface area contributed by atoms with E-state index < -0.39 is 0 Å². The van der Waals surface area contributed by atoms with Crippen molar-refractivity contribution < 1.29 is 9.59 Å². The molecule has 1 N–H and O–H groups in total. The van der Waals surface area contributed by atoms with Gasteiger partial charge in [-0.25, -0.2) is 0 Å². The topological polar surface area (TPSA) is 52.7 Å². The number of nitrogens with zero attached hydrogens (tertiary/aromatic N) is 2. The van der Waals surface area contributed by atoms with Crippen LogP contribution < -0.4 is 5.32 Å². The fourth-order valence-corrected chi connectivity index (χ4v) is 2.33. The van der Waals surface area contributed by atoms with Crippen molar-refractivity contribution in [1.29, 1.82) is 0 Å². The van der Waals surface area contributed by atoms with Crippen LogP contribution in [0.4, 0.5) is 0 Å². The second-order valence-corrected chi connectivity index (χ2v) is 5.42. The highest BCUT2D eigenvalue weighted by atomic mass is 35.5. The Morgan fingerprint density at radius 2 is 1.70 bits per heavy atom. The summed E-state index contributed by atoms with van der Waals surface area (Å²) in [6.45, 7) is 7.63. The van der Waals surface area contributed by atoms with Crippen LogP contribution in [-0.2, 0) is 9.59 Å².